The van der Waals surface area contributed by atoms with E-state index in [1.54, 1.807) is 14.2 Å². The maximum absolute atomic E-state index is 5.42. The van der Waals surface area contributed by atoms with E-state index in [9.17, 15) is 0 Å². The molecule has 0 aliphatic heterocycles. The summed E-state index contributed by atoms with van der Waals surface area (Å²) in [5.74, 6) is 1.11. The molecule has 114 valence electrons. The summed E-state index contributed by atoms with van der Waals surface area (Å²) in [5.41, 5.74) is 1.14. The summed E-state index contributed by atoms with van der Waals surface area (Å²) in [6.07, 6.45) is 1.84. The van der Waals surface area contributed by atoms with Crippen molar-refractivity contribution in [3.63, 3.8) is 0 Å². The molecule has 1 aromatic heterocycles. The van der Waals surface area contributed by atoms with Crippen LogP contribution in [0.5, 0.6) is 5.88 Å². The van der Waals surface area contributed by atoms with Crippen molar-refractivity contribution in [3.8, 4) is 5.88 Å². The van der Waals surface area contributed by atoms with Gasteiger partial charge in [0.1, 0.15) is 6.61 Å². The molecule has 0 radical (unpaired) electrons. The summed E-state index contributed by atoms with van der Waals surface area (Å²) in [7, 11) is 3.38. The van der Waals surface area contributed by atoms with Crippen LogP contribution >= 0.6 is 0 Å². The third kappa shape index (κ3) is 6.32. The van der Waals surface area contributed by atoms with Crippen molar-refractivity contribution in [2.75, 3.05) is 34.0 Å². The second-order valence-corrected chi connectivity index (χ2v) is 4.95. The van der Waals surface area contributed by atoms with Crippen LogP contribution in [0, 0.1) is 5.92 Å². The van der Waals surface area contributed by atoms with Gasteiger partial charge in [-0.3, -0.25) is 0 Å². The molecule has 5 heteroatoms. The molecule has 20 heavy (non-hydrogen) atoms. The average Bonchev–Trinajstić information content (AvgIpc) is 2.46. The van der Waals surface area contributed by atoms with Crippen LogP contribution in [0.2, 0.25) is 0 Å². The highest BCUT2D eigenvalue weighted by Crippen LogP contribution is 2.09. The Kier molecular flexibility index (Phi) is 8.18. The molecule has 0 amide bonds. The van der Waals surface area contributed by atoms with Crippen molar-refractivity contribution in [3.05, 3.63) is 23.9 Å². The molecule has 1 N–H and O–H groups in total. The molecule has 0 aliphatic rings. The smallest absolute Gasteiger partial charge is 0.213 e. The summed E-state index contributed by atoms with van der Waals surface area (Å²) in [4.78, 5) is 4.27. The van der Waals surface area contributed by atoms with E-state index in [1.807, 2.05) is 18.3 Å². The molecule has 0 spiro atoms. The third-order valence-electron chi connectivity index (χ3n) is 3.25. The zero-order chi connectivity index (χ0) is 14.8. The van der Waals surface area contributed by atoms with E-state index in [2.05, 4.69) is 24.1 Å². The van der Waals surface area contributed by atoms with Crippen molar-refractivity contribution in [1.82, 2.24) is 10.3 Å². The number of hydrogen-bond acceptors (Lipinski definition) is 5. The number of nitrogens with one attached hydrogen (secondary N) is 1. The average molecular weight is 282 g/mol. The maximum atomic E-state index is 5.42. The predicted octanol–water partition coefficient (Wildman–Crippen LogP) is 1.87. The van der Waals surface area contributed by atoms with E-state index < -0.39 is 0 Å². The van der Waals surface area contributed by atoms with E-state index in [0.29, 0.717) is 31.1 Å². The van der Waals surface area contributed by atoms with Gasteiger partial charge < -0.3 is 19.5 Å². The molecule has 0 aromatic carbocycles. The topological polar surface area (TPSA) is 52.6 Å². The molecular formula is C15H26N2O3. The number of hydrogen-bond donors (Lipinski definition) is 1. The Morgan fingerprint density at radius 2 is 1.95 bits per heavy atom. The molecule has 1 aromatic rings. The minimum Gasteiger partial charge on any atom is -0.475 e. The monoisotopic (exact) mass is 282 g/mol. The fraction of sp³-hybridized carbons (Fsp3) is 0.667. The minimum atomic E-state index is 0.396. The Labute approximate surface area is 121 Å². The summed E-state index contributed by atoms with van der Waals surface area (Å²) in [5, 5.41) is 3.47. The lowest BCUT2D eigenvalue weighted by atomic mass is 10.0. The zero-order valence-electron chi connectivity index (χ0n) is 12.9. The zero-order valence-corrected chi connectivity index (χ0v) is 12.9. The summed E-state index contributed by atoms with van der Waals surface area (Å²) < 4.78 is 15.5. The lowest BCUT2D eigenvalue weighted by Crippen LogP contribution is -2.33. The lowest BCUT2D eigenvalue weighted by Gasteiger charge is -2.20. The Bertz CT molecular complexity index is 357. The van der Waals surface area contributed by atoms with E-state index in [-0.39, 0.29) is 0 Å². The SMILES string of the molecule is COCCOc1ccc(CN[C@@H](C)[C@H](C)COC)cn1. The van der Waals surface area contributed by atoms with Gasteiger partial charge in [0.15, 0.2) is 0 Å². The van der Waals surface area contributed by atoms with Gasteiger partial charge in [-0.2, -0.15) is 0 Å². The molecule has 0 saturated heterocycles. The predicted molar refractivity (Wildman–Crippen MR) is 78.9 cm³/mol. The number of nitrogens with zero attached hydrogens (tertiary/aromatic N) is 1. The van der Waals surface area contributed by atoms with Crippen LogP contribution in [-0.2, 0) is 16.0 Å². The van der Waals surface area contributed by atoms with Crippen LogP contribution in [0.3, 0.4) is 0 Å². The maximum Gasteiger partial charge on any atom is 0.213 e. The number of ether oxygens (including phenoxy) is 3. The fourth-order valence-electron chi connectivity index (χ4n) is 1.72. The number of pyridine rings is 1. The Hall–Kier alpha value is -1.17. The molecule has 0 aliphatic carbocycles. The van der Waals surface area contributed by atoms with Gasteiger partial charge in [-0.1, -0.05) is 13.0 Å². The number of aromatic nitrogens is 1. The summed E-state index contributed by atoms with van der Waals surface area (Å²) >= 11 is 0. The second kappa shape index (κ2) is 9.69. The molecule has 1 heterocycles. The van der Waals surface area contributed by atoms with Gasteiger partial charge in [0.05, 0.1) is 13.2 Å². The Morgan fingerprint density at radius 1 is 1.15 bits per heavy atom. The third-order valence-corrected chi connectivity index (χ3v) is 3.25. The first-order chi connectivity index (χ1) is 9.67. The van der Waals surface area contributed by atoms with Crippen LogP contribution in [0.1, 0.15) is 19.4 Å². The fourth-order valence-corrected chi connectivity index (χ4v) is 1.72. The van der Waals surface area contributed by atoms with Crippen molar-refractivity contribution >= 4 is 0 Å². The van der Waals surface area contributed by atoms with Gasteiger partial charge in [-0.25, -0.2) is 4.98 Å². The van der Waals surface area contributed by atoms with Gasteiger partial charge in [0, 0.05) is 39.1 Å². The van der Waals surface area contributed by atoms with E-state index in [1.165, 1.54) is 0 Å². The molecule has 5 nitrogen and oxygen atoms in total. The highest BCUT2D eigenvalue weighted by molar-refractivity contribution is 5.17. The molecular weight excluding hydrogens is 256 g/mol. The summed E-state index contributed by atoms with van der Waals surface area (Å²) in [6, 6.07) is 4.30. The van der Waals surface area contributed by atoms with Gasteiger partial charge in [0.25, 0.3) is 0 Å². The highest BCUT2D eigenvalue weighted by atomic mass is 16.5. The normalized spacial score (nSPS) is 14.0. The minimum absolute atomic E-state index is 0.396. The van der Waals surface area contributed by atoms with Gasteiger partial charge >= 0.3 is 0 Å². The van der Waals surface area contributed by atoms with Gasteiger partial charge in [0.2, 0.25) is 5.88 Å². The largest absolute Gasteiger partial charge is 0.475 e. The number of methoxy groups -OCH3 is 2. The summed E-state index contributed by atoms with van der Waals surface area (Å²) in [6.45, 7) is 6.98. The van der Waals surface area contributed by atoms with E-state index >= 15 is 0 Å². The Morgan fingerprint density at radius 3 is 2.55 bits per heavy atom. The first-order valence-corrected chi connectivity index (χ1v) is 6.96. The van der Waals surface area contributed by atoms with Crippen LogP contribution in [0.15, 0.2) is 18.3 Å². The molecule has 2 atom stereocenters. The van der Waals surface area contributed by atoms with Gasteiger partial charge in [-0.15, -0.1) is 0 Å². The lowest BCUT2D eigenvalue weighted by molar-refractivity contribution is 0.142. The first-order valence-electron chi connectivity index (χ1n) is 6.96. The second-order valence-electron chi connectivity index (χ2n) is 4.95. The Balaban J connectivity index is 2.34. The van der Waals surface area contributed by atoms with Crippen molar-refractivity contribution < 1.29 is 14.2 Å². The molecule has 0 saturated carbocycles. The van der Waals surface area contributed by atoms with E-state index in [4.69, 9.17) is 14.2 Å². The molecule has 0 fully saturated rings. The van der Waals surface area contributed by atoms with Gasteiger partial charge in [-0.05, 0) is 18.4 Å². The molecule has 0 unspecified atom stereocenters. The standard InChI is InChI=1S/C15H26N2O3/c1-12(11-19-4)13(2)16-9-14-5-6-15(17-10-14)20-8-7-18-3/h5-6,10,12-13,16H,7-9,11H2,1-4H3/t12-,13+/m1/s1. The van der Waals surface area contributed by atoms with E-state index in [0.717, 1.165) is 18.7 Å². The quantitative estimate of drug-likeness (QED) is 0.664. The van der Waals surface area contributed by atoms with Crippen molar-refractivity contribution in [1.29, 1.82) is 0 Å². The van der Waals surface area contributed by atoms with Crippen molar-refractivity contribution in [2.24, 2.45) is 5.92 Å². The van der Waals surface area contributed by atoms with Crippen molar-refractivity contribution in [2.45, 2.75) is 26.4 Å². The van der Waals surface area contributed by atoms with Crippen LogP contribution < -0.4 is 10.1 Å². The highest BCUT2D eigenvalue weighted by Gasteiger charge is 2.11. The van der Waals surface area contributed by atoms with Crippen LogP contribution in [0.4, 0.5) is 0 Å². The molecule has 1 rings (SSSR count). The van der Waals surface area contributed by atoms with Crippen LogP contribution in [-0.4, -0.2) is 45.1 Å². The first kappa shape index (κ1) is 16.9. The van der Waals surface area contributed by atoms with Crippen LogP contribution in [0.25, 0.3) is 0 Å². The molecule has 0 bridgehead atoms. The number of rotatable bonds is 10.